The van der Waals surface area contributed by atoms with E-state index < -0.39 is 0 Å². The minimum Gasteiger partial charge on any atom is -0.380 e. The van der Waals surface area contributed by atoms with Crippen LogP contribution in [-0.4, -0.2) is 13.7 Å². The van der Waals surface area contributed by atoms with Gasteiger partial charge in [-0.2, -0.15) is 0 Å². The monoisotopic (exact) mass is 197 g/mol. The van der Waals surface area contributed by atoms with Gasteiger partial charge in [0.2, 0.25) is 0 Å². The Morgan fingerprint density at radius 3 is 2.79 bits per heavy atom. The molecule has 0 fully saturated rings. The molecule has 1 unspecified atom stereocenters. The van der Waals surface area contributed by atoms with Crippen molar-refractivity contribution in [2.75, 3.05) is 13.7 Å². The van der Waals surface area contributed by atoms with E-state index in [1.165, 1.54) is 0 Å². The van der Waals surface area contributed by atoms with Gasteiger partial charge < -0.3 is 10.5 Å². The molecule has 3 heteroatoms. The Balaban J connectivity index is 3.00. The topological polar surface area (TPSA) is 35.2 Å². The highest BCUT2D eigenvalue weighted by molar-refractivity contribution is 5.28. The quantitative estimate of drug-likeness (QED) is 0.801. The second kappa shape index (κ2) is 5.08. The Hall–Kier alpha value is -0.930. The number of nitrogens with two attached hydrogens (primary N) is 1. The minimum atomic E-state index is -0.188. The van der Waals surface area contributed by atoms with Gasteiger partial charge in [-0.3, -0.25) is 0 Å². The van der Waals surface area contributed by atoms with Crippen LogP contribution in [0.2, 0.25) is 0 Å². The van der Waals surface area contributed by atoms with Crippen LogP contribution in [0.25, 0.3) is 0 Å². The van der Waals surface area contributed by atoms with Crippen LogP contribution in [-0.2, 0) is 11.3 Å². The van der Waals surface area contributed by atoms with E-state index >= 15 is 0 Å². The minimum absolute atomic E-state index is 0.0480. The predicted molar refractivity (Wildman–Crippen MR) is 54.6 cm³/mol. The molecule has 1 aromatic carbocycles. The molecule has 0 spiro atoms. The smallest absolute Gasteiger partial charge is 0.132 e. The van der Waals surface area contributed by atoms with Crippen molar-refractivity contribution in [3.63, 3.8) is 0 Å². The van der Waals surface area contributed by atoms with Crippen LogP contribution in [0.15, 0.2) is 18.2 Å². The van der Waals surface area contributed by atoms with Gasteiger partial charge in [0.1, 0.15) is 5.82 Å². The van der Waals surface area contributed by atoms with Gasteiger partial charge in [0.15, 0.2) is 0 Å². The molecular formula is C11H16FNO. The number of benzene rings is 1. The maximum absolute atomic E-state index is 13.8. The fourth-order valence-electron chi connectivity index (χ4n) is 1.37. The molecule has 0 aliphatic heterocycles. The first-order chi connectivity index (χ1) is 6.70. The molecule has 1 rings (SSSR count). The number of methoxy groups -OCH3 is 1. The van der Waals surface area contributed by atoms with E-state index in [0.717, 1.165) is 0 Å². The van der Waals surface area contributed by atoms with E-state index in [-0.39, 0.29) is 11.7 Å². The first-order valence-corrected chi connectivity index (χ1v) is 4.67. The third-order valence-electron chi connectivity index (χ3n) is 2.29. The van der Waals surface area contributed by atoms with E-state index in [1.807, 2.05) is 13.0 Å². The average molecular weight is 197 g/mol. The van der Waals surface area contributed by atoms with Gasteiger partial charge >= 0.3 is 0 Å². The number of ether oxygens (including phenoxy) is 1. The molecule has 0 bridgehead atoms. The molecule has 1 aromatic rings. The first-order valence-electron chi connectivity index (χ1n) is 4.67. The van der Waals surface area contributed by atoms with Crippen molar-refractivity contribution in [2.45, 2.75) is 19.4 Å². The molecule has 0 aromatic heterocycles. The van der Waals surface area contributed by atoms with Crippen molar-refractivity contribution in [2.24, 2.45) is 5.73 Å². The van der Waals surface area contributed by atoms with Gasteiger partial charge in [-0.1, -0.05) is 25.1 Å². The lowest BCUT2D eigenvalue weighted by Gasteiger charge is -2.12. The van der Waals surface area contributed by atoms with Crippen LogP contribution in [0.4, 0.5) is 4.39 Å². The summed E-state index contributed by atoms with van der Waals surface area (Å²) in [6.45, 7) is 2.67. The van der Waals surface area contributed by atoms with Crippen molar-refractivity contribution >= 4 is 0 Å². The van der Waals surface area contributed by atoms with Gasteiger partial charge in [-0.25, -0.2) is 4.39 Å². The van der Waals surface area contributed by atoms with Crippen molar-refractivity contribution in [3.8, 4) is 0 Å². The number of hydrogen-bond donors (Lipinski definition) is 1. The summed E-state index contributed by atoms with van der Waals surface area (Å²) in [7, 11) is 1.55. The third-order valence-corrected chi connectivity index (χ3v) is 2.29. The van der Waals surface area contributed by atoms with Crippen LogP contribution in [0.1, 0.15) is 24.0 Å². The molecule has 0 aliphatic carbocycles. The first kappa shape index (κ1) is 11.1. The fourth-order valence-corrected chi connectivity index (χ4v) is 1.37. The standard InChI is InChI=1S/C11H16FNO/c1-8(6-13)10-5-3-4-9(7-14-2)11(10)12/h3-5,8H,6-7,13H2,1-2H3. The Bertz CT molecular complexity index is 301. The Kier molecular flexibility index (Phi) is 4.04. The van der Waals surface area contributed by atoms with Gasteiger partial charge in [0, 0.05) is 12.7 Å². The van der Waals surface area contributed by atoms with Crippen LogP contribution in [0, 0.1) is 5.82 Å². The second-order valence-corrected chi connectivity index (χ2v) is 3.39. The van der Waals surface area contributed by atoms with Crippen LogP contribution < -0.4 is 5.73 Å². The largest absolute Gasteiger partial charge is 0.380 e. The lowest BCUT2D eigenvalue weighted by molar-refractivity contribution is 0.181. The fraction of sp³-hybridized carbons (Fsp3) is 0.455. The SMILES string of the molecule is COCc1cccc(C(C)CN)c1F. The molecule has 0 radical (unpaired) electrons. The molecule has 0 aliphatic rings. The van der Waals surface area contributed by atoms with Gasteiger partial charge in [-0.15, -0.1) is 0 Å². The molecule has 0 saturated heterocycles. The number of halogens is 1. The van der Waals surface area contributed by atoms with Gasteiger partial charge in [0.05, 0.1) is 6.61 Å². The number of hydrogen-bond acceptors (Lipinski definition) is 2. The van der Waals surface area contributed by atoms with E-state index in [4.69, 9.17) is 10.5 Å². The highest BCUT2D eigenvalue weighted by Crippen LogP contribution is 2.21. The molecule has 78 valence electrons. The van der Waals surface area contributed by atoms with E-state index in [0.29, 0.717) is 24.3 Å². The van der Waals surface area contributed by atoms with Crippen molar-refractivity contribution in [1.29, 1.82) is 0 Å². The van der Waals surface area contributed by atoms with Crippen molar-refractivity contribution < 1.29 is 9.13 Å². The molecule has 0 saturated carbocycles. The maximum Gasteiger partial charge on any atom is 0.132 e. The van der Waals surface area contributed by atoms with Crippen LogP contribution >= 0.6 is 0 Å². The summed E-state index contributed by atoms with van der Waals surface area (Å²) in [5, 5.41) is 0. The zero-order chi connectivity index (χ0) is 10.6. The summed E-state index contributed by atoms with van der Waals surface area (Å²) in [5.74, 6) is -0.140. The summed E-state index contributed by atoms with van der Waals surface area (Å²) in [6, 6.07) is 5.33. The van der Waals surface area contributed by atoms with E-state index in [1.54, 1.807) is 19.2 Å². The summed E-state index contributed by atoms with van der Waals surface area (Å²) in [5.41, 5.74) is 6.76. The normalized spacial score (nSPS) is 12.9. The highest BCUT2D eigenvalue weighted by Gasteiger charge is 2.12. The molecule has 0 heterocycles. The lowest BCUT2D eigenvalue weighted by Crippen LogP contribution is -2.11. The Morgan fingerprint density at radius 1 is 1.50 bits per heavy atom. The zero-order valence-electron chi connectivity index (χ0n) is 8.59. The van der Waals surface area contributed by atoms with E-state index in [9.17, 15) is 4.39 Å². The van der Waals surface area contributed by atoms with Gasteiger partial charge in [0.25, 0.3) is 0 Å². The molecule has 14 heavy (non-hydrogen) atoms. The second-order valence-electron chi connectivity index (χ2n) is 3.39. The summed E-state index contributed by atoms with van der Waals surface area (Å²) < 4.78 is 18.7. The Labute approximate surface area is 83.9 Å². The summed E-state index contributed by atoms with van der Waals surface area (Å²) >= 11 is 0. The average Bonchev–Trinajstić information content (AvgIpc) is 2.20. The van der Waals surface area contributed by atoms with Crippen LogP contribution in [0.5, 0.6) is 0 Å². The lowest BCUT2D eigenvalue weighted by atomic mass is 9.98. The molecule has 2 N–H and O–H groups in total. The zero-order valence-corrected chi connectivity index (χ0v) is 8.59. The molecule has 2 nitrogen and oxygen atoms in total. The van der Waals surface area contributed by atoms with Crippen molar-refractivity contribution in [3.05, 3.63) is 35.1 Å². The molecular weight excluding hydrogens is 181 g/mol. The van der Waals surface area contributed by atoms with Gasteiger partial charge in [-0.05, 0) is 18.0 Å². The van der Waals surface area contributed by atoms with E-state index in [2.05, 4.69) is 0 Å². The molecule has 0 amide bonds. The predicted octanol–water partition coefficient (Wildman–Crippen LogP) is 2.03. The number of rotatable bonds is 4. The van der Waals surface area contributed by atoms with Crippen LogP contribution in [0.3, 0.4) is 0 Å². The third kappa shape index (κ3) is 2.30. The summed E-state index contributed by atoms with van der Waals surface area (Å²) in [4.78, 5) is 0. The highest BCUT2D eigenvalue weighted by atomic mass is 19.1. The summed E-state index contributed by atoms with van der Waals surface area (Å²) in [6.07, 6.45) is 0. The van der Waals surface area contributed by atoms with Crippen molar-refractivity contribution in [1.82, 2.24) is 0 Å². The molecule has 1 atom stereocenters. The Morgan fingerprint density at radius 2 is 2.21 bits per heavy atom. The maximum atomic E-state index is 13.8.